The zero-order valence-electron chi connectivity index (χ0n) is 7.56. The lowest BCUT2D eigenvalue weighted by Crippen LogP contribution is -2.01. The standard InChI is InChI=1S/C10H8N2O2/c1-6-4-7-2-3-11-9(10(13)14)8(7)5-12-6/h2-5H,1H3,(H,13,14). The monoisotopic (exact) mass is 188 g/mol. The first-order chi connectivity index (χ1) is 6.68. The molecule has 0 saturated heterocycles. The van der Waals surface area contributed by atoms with Crippen LogP contribution in [0.3, 0.4) is 0 Å². The van der Waals surface area contributed by atoms with Crippen LogP contribution in [0.2, 0.25) is 0 Å². The summed E-state index contributed by atoms with van der Waals surface area (Å²) in [5, 5.41) is 10.3. The molecular formula is C10H8N2O2. The van der Waals surface area contributed by atoms with E-state index in [1.54, 1.807) is 12.3 Å². The summed E-state index contributed by atoms with van der Waals surface area (Å²) in [7, 11) is 0. The molecular weight excluding hydrogens is 180 g/mol. The Morgan fingerprint density at radius 1 is 1.43 bits per heavy atom. The Morgan fingerprint density at radius 3 is 2.93 bits per heavy atom. The maximum absolute atomic E-state index is 10.8. The number of carbonyl (C=O) groups is 1. The molecule has 0 bridgehead atoms. The number of hydrogen-bond acceptors (Lipinski definition) is 3. The van der Waals surface area contributed by atoms with E-state index in [1.165, 1.54) is 6.20 Å². The third-order valence-electron chi connectivity index (χ3n) is 1.99. The van der Waals surface area contributed by atoms with E-state index in [-0.39, 0.29) is 5.69 Å². The summed E-state index contributed by atoms with van der Waals surface area (Å²) in [5.41, 5.74) is 0.912. The minimum absolute atomic E-state index is 0.0509. The Bertz CT molecular complexity index is 508. The van der Waals surface area contributed by atoms with Crippen molar-refractivity contribution in [3.63, 3.8) is 0 Å². The van der Waals surface area contributed by atoms with Crippen LogP contribution in [-0.2, 0) is 0 Å². The molecule has 4 nitrogen and oxygen atoms in total. The van der Waals surface area contributed by atoms with Crippen LogP contribution in [0.15, 0.2) is 24.5 Å². The highest BCUT2D eigenvalue weighted by Gasteiger charge is 2.09. The zero-order chi connectivity index (χ0) is 10.1. The molecule has 0 spiro atoms. The van der Waals surface area contributed by atoms with Crippen molar-refractivity contribution in [1.29, 1.82) is 0 Å². The number of aromatic carboxylic acids is 1. The van der Waals surface area contributed by atoms with Gasteiger partial charge in [-0.05, 0) is 24.4 Å². The first kappa shape index (κ1) is 8.62. The van der Waals surface area contributed by atoms with Crippen LogP contribution in [0.5, 0.6) is 0 Å². The van der Waals surface area contributed by atoms with E-state index in [2.05, 4.69) is 9.97 Å². The maximum Gasteiger partial charge on any atom is 0.355 e. The van der Waals surface area contributed by atoms with Crippen LogP contribution < -0.4 is 0 Å². The third-order valence-corrected chi connectivity index (χ3v) is 1.99. The van der Waals surface area contributed by atoms with Gasteiger partial charge in [-0.1, -0.05) is 0 Å². The minimum atomic E-state index is -1.03. The maximum atomic E-state index is 10.8. The van der Waals surface area contributed by atoms with Crippen molar-refractivity contribution in [3.8, 4) is 0 Å². The van der Waals surface area contributed by atoms with Gasteiger partial charge in [-0.15, -0.1) is 0 Å². The second kappa shape index (κ2) is 3.06. The normalized spacial score (nSPS) is 10.4. The predicted octanol–water partition coefficient (Wildman–Crippen LogP) is 1.64. The summed E-state index contributed by atoms with van der Waals surface area (Å²) in [6, 6.07) is 3.61. The molecule has 2 aromatic rings. The summed E-state index contributed by atoms with van der Waals surface area (Å²) in [4.78, 5) is 18.7. The van der Waals surface area contributed by atoms with E-state index in [9.17, 15) is 4.79 Å². The van der Waals surface area contributed by atoms with Gasteiger partial charge < -0.3 is 5.11 Å². The number of rotatable bonds is 1. The Kier molecular flexibility index (Phi) is 1.89. The smallest absolute Gasteiger partial charge is 0.355 e. The summed E-state index contributed by atoms with van der Waals surface area (Å²) in [5.74, 6) is -1.03. The number of carboxylic acids is 1. The van der Waals surface area contributed by atoms with Crippen molar-refractivity contribution < 1.29 is 9.90 Å². The van der Waals surface area contributed by atoms with Crippen LogP contribution >= 0.6 is 0 Å². The third kappa shape index (κ3) is 1.31. The van der Waals surface area contributed by atoms with Gasteiger partial charge in [0.15, 0.2) is 5.69 Å². The average molecular weight is 188 g/mol. The number of aryl methyl sites for hydroxylation is 1. The van der Waals surface area contributed by atoms with Gasteiger partial charge in [0, 0.05) is 23.5 Å². The lowest BCUT2D eigenvalue weighted by atomic mass is 10.1. The number of aromatic nitrogens is 2. The summed E-state index contributed by atoms with van der Waals surface area (Å²) >= 11 is 0. The summed E-state index contributed by atoms with van der Waals surface area (Å²) < 4.78 is 0. The Morgan fingerprint density at radius 2 is 2.21 bits per heavy atom. The van der Waals surface area contributed by atoms with Gasteiger partial charge in [-0.3, -0.25) is 4.98 Å². The zero-order valence-corrected chi connectivity index (χ0v) is 7.56. The van der Waals surface area contributed by atoms with E-state index >= 15 is 0 Å². The van der Waals surface area contributed by atoms with E-state index < -0.39 is 5.97 Å². The number of hydrogen-bond donors (Lipinski definition) is 1. The molecule has 0 aliphatic carbocycles. The van der Waals surface area contributed by atoms with E-state index in [0.717, 1.165) is 11.1 Å². The van der Waals surface area contributed by atoms with Gasteiger partial charge in [-0.2, -0.15) is 0 Å². The van der Waals surface area contributed by atoms with Gasteiger partial charge in [0.25, 0.3) is 0 Å². The van der Waals surface area contributed by atoms with E-state index in [0.29, 0.717) is 5.39 Å². The highest BCUT2D eigenvalue weighted by atomic mass is 16.4. The number of pyridine rings is 2. The molecule has 2 heterocycles. The molecule has 0 radical (unpaired) electrons. The predicted molar refractivity (Wildman–Crippen MR) is 51.2 cm³/mol. The molecule has 0 amide bonds. The number of carboxylic acid groups (broad SMARTS) is 1. The fourth-order valence-electron chi connectivity index (χ4n) is 1.35. The average Bonchev–Trinajstić information content (AvgIpc) is 2.16. The largest absolute Gasteiger partial charge is 0.476 e. The fraction of sp³-hybridized carbons (Fsp3) is 0.100. The highest BCUT2D eigenvalue weighted by Crippen LogP contribution is 2.16. The van der Waals surface area contributed by atoms with Crippen molar-refractivity contribution in [3.05, 3.63) is 35.9 Å². The van der Waals surface area contributed by atoms with Crippen LogP contribution in [0, 0.1) is 6.92 Å². The quantitative estimate of drug-likeness (QED) is 0.738. The van der Waals surface area contributed by atoms with Crippen molar-refractivity contribution >= 4 is 16.7 Å². The molecule has 1 N–H and O–H groups in total. The van der Waals surface area contributed by atoms with E-state index in [4.69, 9.17) is 5.11 Å². The lowest BCUT2D eigenvalue weighted by Gasteiger charge is -2.01. The summed E-state index contributed by atoms with van der Waals surface area (Å²) in [6.45, 7) is 1.86. The molecule has 0 fully saturated rings. The molecule has 0 aliphatic rings. The molecule has 0 aromatic carbocycles. The van der Waals surface area contributed by atoms with Gasteiger partial charge in [0.2, 0.25) is 0 Å². The van der Waals surface area contributed by atoms with Crippen molar-refractivity contribution in [2.24, 2.45) is 0 Å². The second-order valence-electron chi connectivity index (χ2n) is 3.01. The van der Waals surface area contributed by atoms with Crippen LogP contribution in [0.1, 0.15) is 16.2 Å². The van der Waals surface area contributed by atoms with Crippen molar-refractivity contribution in [1.82, 2.24) is 9.97 Å². The molecule has 70 valence electrons. The minimum Gasteiger partial charge on any atom is -0.476 e. The van der Waals surface area contributed by atoms with Gasteiger partial charge >= 0.3 is 5.97 Å². The topological polar surface area (TPSA) is 63.1 Å². The molecule has 2 aromatic heterocycles. The van der Waals surface area contributed by atoms with Crippen LogP contribution in [-0.4, -0.2) is 21.0 Å². The van der Waals surface area contributed by atoms with Crippen molar-refractivity contribution in [2.45, 2.75) is 6.92 Å². The molecule has 0 unspecified atom stereocenters. The van der Waals surface area contributed by atoms with Gasteiger partial charge in [-0.25, -0.2) is 9.78 Å². The van der Waals surface area contributed by atoms with Crippen molar-refractivity contribution in [2.75, 3.05) is 0 Å². The number of nitrogens with zero attached hydrogens (tertiary/aromatic N) is 2. The fourth-order valence-corrected chi connectivity index (χ4v) is 1.35. The van der Waals surface area contributed by atoms with Gasteiger partial charge in [0.1, 0.15) is 0 Å². The highest BCUT2D eigenvalue weighted by molar-refractivity contribution is 6.01. The first-order valence-corrected chi connectivity index (χ1v) is 4.13. The SMILES string of the molecule is Cc1cc2ccnc(C(=O)O)c2cn1. The Balaban J connectivity index is 2.81. The number of fused-ring (bicyclic) bond motifs is 1. The van der Waals surface area contributed by atoms with Gasteiger partial charge in [0.05, 0.1) is 0 Å². The first-order valence-electron chi connectivity index (χ1n) is 4.13. The Labute approximate surface area is 80.2 Å². The molecule has 4 heteroatoms. The van der Waals surface area contributed by atoms with Crippen LogP contribution in [0.4, 0.5) is 0 Å². The molecule has 0 atom stereocenters. The molecule has 14 heavy (non-hydrogen) atoms. The summed E-state index contributed by atoms with van der Waals surface area (Å²) in [6.07, 6.45) is 3.03. The second-order valence-corrected chi connectivity index (χ2v) is 3.01. The van der Waals surface area contributed by atoms with E-state index in [1.807, 2.05) is 13.0 Å². The molecule has 0 aliphatic heterocycles. The van der Waals surface area contributed by atoms with Crippen LogP contribution in [0.25, 0.3) is 10.8 Å². The Hall–Kier alpha value is -1.97. The molecule has 2 rings (SSSR count). The lowest BCUT2D eigenvalue weighted by molar-refractivity contribution is 0.0693. The molecule has 0 saturated carbocycles.